The Morgan fingerprint density at radius 2 is 1.89 bits per heavy atom. The fourth-order valence-corrected chi connectivity index (χ4v) is 1.90. The number of phenolic OH excluding ortho intramolecular Hbond substituents is 2. The highest BCUT2D eigenvalue weighted by molar-refractivity contribution is 5.40. The first-order valence-electron chi connectivity index (χ1n) is 6.87. The molecule has 19 heavy (non-hydrogen) atoms. The molecule has 108 valence electrons. The van der Waals surface area contributed by atoms with Crippen LogP contribution >= 0.6 is 0 Å². The lowest BCUT2D eigenvalue weighted by Gasteiger charge is -2.22. The smallest absolute Gasteiger partial charge is 0.120 e. The van der Waals surface area contributed by atoms with Gasteiger partial charge in [0, 0.05) is 17.6 Å². The lowest BCUT2D eigenvalue weighted by atomic mass is 10.1. The number of nitrogens with one attached hydrogen (secondary N) is 1. The summed E-state index contributed by atoms with van der Waals surface area (Å²) in [7, 11) is 2.12. The molecule has 0 aliphatic rings. The largest absolute Gasteiger partial charge is 0.508 e. The summed E-state index contributed by atoms with van der Waals surface area (Å²) in [5.41, 5.74) is 0.734. The molecule has 0 saturated heterocycles. The van der Waals surface area contributed by atoms with Crippen molar-refractivity contribution in [2.75, 3.05) is 20.1 Å². The van der Waals surface area contributed by atoms with Gasteiger partial charge >= 0.3 is 0 Å². The third-order valence-electron chi connectivity index (χ3n) is 3.50. The summed E-state index contributed by atoms with van der Waals surface area (Å²) in [5, 5.41) is 22.6. The molecule has 0 bridgehead atoms. The number of nitrogens with zero attached hydrogens (tertiary/aromatic N) is 1. The van der Waals surface area contributed by atoms with E-state index in [2.05, 4.69) is 31.1 Å². The van der Waals surface area contributed by atoms with Crippen molar-refractivity contribution >= 4 is 0 Å². The van der Waals surface area contributed by atoms with Crippen LogP contribution in [0.5, 0.6) is 11.5 Å². The quantitative estimate of drug-likeness (QED) is 0.524. The van der Waals surface area contributed by atoms with Gasteiger partial charge in [-0.3, -0.25) is 0 Å². The highest BCUT2D eigenvalue weighted by Gasteiger charge is 2.10. The maximum atomic E-state index is 9.76. The zero-order valence-electron chi connectivity index (χ0n) is 12.3. The van der Waals surface area contributed by atoms with E-state index >= 15 is 0 Å². The average molecular weight is 266 g/mol. The minimum absolute atomic E-state index is 0.0245. The van der Waals surface area contributed by atoms with Crippen LogP contribution in [-0.2, 0) is 0 Å². The molecule has 4 heteroatoms. The van der Waals surface area contributed by atoms with E-state index in [1.807, 2.05) is 6.92 Å². The molecular weight excluding hydrogens is 240 g/mol. The van der Waals surface area contributed by atoms with Crippen molar-refractivity contribution in [2.24, 2.45) is 0 Å². The number of benzene rings is 1. The Bertz CT molecular complexity index is 394. The summed E-state index contributed by atoms with van der Waals surface area (Å²) in [6.45, 7) is 8.28. The van der Waals surface area contributed by atoms with Gasteiger partial charge in [0.05, 0.1) is 0 Å². The summed E-state index contributed by atoms with van der Waals surface area (Å²) >= 11 is 0. The number of hydrogen-bond acceptors (Lipinski definition) is 4. The van der Waals surface area contributed by atoms with E-state index < -0.39 is 0 Å². The second kappa shape index (κ2) is 7.36. The van der Waals surface area contributed by atoms with Crippen LogP contribution in [0.4, 0.5) is 0 Å². The summed E-state index contributed by atoms with van der Waals surface area (Å²) in [6.07, 6.45) is 1.05. The molecule has 1 aromatic rings. The SMILES string of the molecule is CC(NCCCN(C)C(C)C)c1cc(O)ccc1O. The van der Waals surface area contributed by atoms with Crippen molar-refractivity contribution in [1.82, 2.24) is 10.2 Å². The predicted molar refractivity (Wildman–Crippen MR) is 78.6 cm³/mol. The Hall–Kier alpha value is -1.26. The van der Waals surface area contributed by atoms with Crippen molar-refractivity contribution in [3.63, 3.8) is 0 Å². The van der Waals surface area contributed by atoms with Gasteiger partial charge in [0.1, 0.15) is 11.5 Å². The van der Waals surface area contributed by atoms with E-state index in [1.54, 1.807) is 6.07 Å². The monoisotopic (exact) mass is 266 g/mol. The van der Waals surface area contributed by atoms with E-state index in [4.69, 9.17) is 0 Å². The topological polar surface area (TPSA) is 55.7 Å². The molecule has 0 aliphatic heterocycles. The minimum atomic E-state index is 0.0245. The molecule has 0 saturated carbocycles. The minimum Gasteiger partial charge on any atom is -0.508 e. The number of phenols is 2. The zero-order chi connectivity index (χ0) is 14.4. The van der Waals surface area contributed by atoms with Gasteiger partial charge in [-0.25, -0.2) is 0 Å². The summed E-state index contributed by atoms with van der Waals surface area (Å²) in [5.74, 6) is 0.401. The standard InChI is InChI=1S/C15H26N2O2/c1-11(2)17(4)9-5-8-16-12(3)14-10-13(18)6-7-15(14)19/h6-7,10-12,16,18-19H,5,8-9H2,1-4H3. The van der Waals surface area contributed by atoms with Gasteiger partial charge in [0.2, 0.25) is 0 Å². The molecule has 0 spiro atoms. The second-order valence-corrected chi connectivity index (χ2v) is 5.35. The molecule has 0 fully saturated rings. The molecule has 0 aliphatic carbocycles. The lowest BCUT2D eigenvalue weighted by molar-refractivity contribution is 0.268. The number of rotatable bonds is 7. The maximum absolute atomic E-state index is 9.76. The first-order valence-corrected chi connectivity index (χ1v) is 6.87. The van der Waals surface area contributed by atoms with E-state index in [0.29, 0.717) is 6.04 Å². The Morgan fingerprint density at radius 3 is 2.53 bits per heavy atom. The Morgan fingerprint density at radius 1 is 1.21 bits per heavy atom. The van der Waals surface area contributed by atoms with E-state index in [9.17, 15) is 10.2 Å². The third kappa shape index (κ3) is 5.09. The molecular formula is C15H26N2O2. The van der Waals surface area contributed by atoms with Crippen molar-refractivity contribution in [3.05, 3.63) is 23.8 Å². The van der Waals surface area contributed by atoms with Gasteiger partial charge in [-0.2, -0.15) is 0 Å². The molecule has 1 aromatic carbocycles. The fourth-order valence-electron chi connectivity index (χ4n) is 1.90. The van der Waals surface area contributed by atoms with E-state index in [0.717, 1.165) is 25.1 Å². The van der Waals surface area contributed by atoms with Crippen LogP contribution in [0.2, 0.25) is 0 Å². The number of aromatic hydroxyl groups is 2. The third-order valence-corrected chi connectivity index (χ3v) is 3.50. The fraction of sp³-hybridized carbons (Fsp3) is 0.600. The summed E-state index contributed by atoms with van der Waals surface area (Å²) in [4.78, 5) is 2.30. The average Bonchev–Trinajstić information content (AvgIpc) is 2.36. The van der Waals surface area contributed by atoms with Gasteiger partial charge in [0.15, 0.2) is 0 Å². The van der Waals surface area contributed by atoms with Gasteiger partial charge in [0.25, 0.3) is 0 Å². The molecule has 1 unspecified atom stereocenters. The van der Waals surface area contributed by atoms with E-state index in [1.165, 1.54) is 12.1 Å². The first-order chi connectivity index (χ1) is 8.91. The molecule has 0 amide bonds. The number of hydrogen-bond donors (Lipinski definition) is 3. The van der Waals surface area contributed by atoms with Gasteiger partial charge in [-0.15, -0.1) is 0 Å². The Kier molecular flexibility index (Phi) is 6.12. The zero-order valence-corrected chi connectivity index (χ0v) is 12.3. The molecule has 1 rings (SSSR count). The van der Waals surface area contributed by atoms with Gasteiger partial charge in [-0.1, -0.05) is 0 Å². The van der Waals surface area contributed by atoms with Crippen LogP contribution in [0.1, 0.15) is 38.8 Å². The van der Waals surface area contributed by atoms with Crippen molar-refractivity contribution in [1.29, 1.82) is 0 Å². The normalized spacial score (nSPS) is 13.2. The molecule has 3 N–H and O–H groups in total. The lowest BCUT2D eigenvalue weighted by Crippen LogP contribution is -2.30. The summed E-state index contributed by atoms with van der Waals surface area (Å²) < 4.78 is 0. The maximum Gasteiger partial charge on any atom is 0.120 e. The molecule has 0 heterocycles. The molecule has 1 atom stereocenters. The molecule has 4 nitrogen and oxygen atoms in total. The van der Waals surface area contributed by atoms with Crippen molar-refractivity contribution in [2.45, 2.75) is 39.3 Å². The van der Waals surface area contributed by atoms with Crippen LogP contribution in [0.25, 0.3) is 0 Å². The van der Waals surface area contributed by atoms with Gasteiger partial charge in [-0.05, 0) is 65.5 Å². The second-order valence-electron chi connectivity index (χ2n) is 5.35. The molecule has 0 aromatic heterocycles. The Balaban J connectivity index is 2.39. The first kappa shape index (κ1) is 15.8. The van der Waals surface area contributed by atoms with Crippen molar-refractivity contribution in [3.8, 4) is 11.5 Å². The highest BCUT2D eigenvalue weighted by Crippen LogP contribution is 2.27. The van der Waals surface area contributed by atoms with Crippen molar-refractivity contribution < 1.29 is 10.2 Å². The highest BCUT2D eigenvalue weighted by atomic mass is 16.3. The van der Waals surface area contributed by atoms with Crippen LogP contribution in [0, 0.1) is 0 Å². The summed E-state index contributed by atoms with van der Waals surface area (Å²) in [6, 6.07) is 5.20. The van der Waals surface area contributed by atoms with Crippen LogP contribution in [0.15, 0.2) is 18.2 Å². The van der Waals surface area contributed by atoms with Crippen LogP contribution in [-0.4, -0.2) is 41.3 Å². The molecule has 0 radical (unpaired) electrons. The Labute approximate surface area is 116 Å². The van der Waals surface area contributed by atoms with Gasteiger partial charge < -0.3 is 20.4 Å². The van der Waals surface area contributed by atoms with E-state index in [-0.39, 0.29) is 17.5 Å². The van der Waals surface area contributed by atoms with Crippen LogP contribution in [0.3, 0.4) is 0 Å². The van der Waals surface area contributed by atoms with Crippen LogP contribution < -0.4 is 5.32 Å². The predicted octanol–water partition coefficient (Wildman–Crippen LogP) is 2.48.